The Hall–Kier alpha value is -1.60. The normalized spacial score (nSPS) is 19.7. The number of carbonyl (C=O) groups excluding carboxylic acids is 1. The number of rotatable bonds is 5. The zero-order chi connectivity index (χ0) is 16.1. The molecule has 2 atom stereocenters. The van der Waals surface area contributed by atoms with Gasteiger partial charge in [-0.25, -0.2) is 4.39 Å². The molecule has 0 spiro atoms. The molecule has 1 amide bonds. The molecule has 2 N–H and O–H groups in total. The Morgan fingerprint density at radius 1 is 1.45 bits per heavy atom. The maximum atomic E-state index is 13.2. The summed E-state index contributed by atoms with van der Waals surface area (Å²) < 4.78 is 13.2. The van der Waals surface area contributed by atoms with Crippen molar-refractivity contribution < 1.29 is 24.2 Å². The third-order valence-corrected chi connectivity index (χ3v) is 4.65. The lowest BCUT2D eigenvalue weighted by Gasteiger charge is -2.35. The molecule has 2 unspecified atom stereocenters. The summed E-state index contributed by atoms with van der Waals surface area (Å²) in [7, 11) is 0. The monoisotopic (exact) mass is 327 g/mol. The summed E-state index contributed by atoms with van der Waals surface area (Å²) in [4.78, 5) is 24.7. The van der Waals surface area contributed by atoms with Crippen LogP contribution in [0.4, 0.5) is 4.39 Å². The van der Waals surface area contributed by atoms with Crippen LogP contribution < -0.4 is 0 Å². The first-order valence-electron chi connectivity index (χ1n) is 7.00. The van der Waals surface area contributed by atoms with Gasteiger partial charge < -0.3 is 15.1 Å². The van der Waals surface area contributed by atoms with Gasteiger partial charge >= 0.3 is 5.97 Å². The minimum atomic E-state index is -1.09. The van der Waals surface area contributed by atoms with E-state index >= 15 is 0 Å². The summed E-state index contributed by atoms with van der Waals surface area (Å²) >= 11 is 1.61. The van der Waals surface area contributed by atoms with Crippen molar-refractivity contribution in [1.29, 1.82) is 0 Å². The van der Waals surface area contributed by atoms with Crippen LogP contribution in [0, 0.1) is 5.82 Å². The highest BCUT2D eigenvalue weighted by molar-refractivity contribution is 7.99. The Balaban J connectivity index is 2.01. The van der Waals surface area contributed by atoms with Gasteiger partial charge in [-0.15, -0.1) is 0 Å². The van der Waals surface area contributed by atoms with Crippen molar-refractivity contribution >= 4 is 23.6 Å². The molecule has 1 aliphatic rings. The highest BCUT2D eigenvalue weighted by atomic mass is 32.2. The Morgan fingerprint density at radius 3 is 2.91 bits per heavy atom. The van der Waals surface area contributed by atoms with E-state index in [1.807, 2.05) is 0 Å². The van der Waals surface area contributed by atoms with Crippen molar-refractivity contribution in [2.75, 3.05) is 18.1 Å². The van der Waals surface area contributed by atoms with Crippen LogP contribution in [0.1, 0.15) is 24.5 Å². The van der Waals surface area contributed by atoms with Crippen LogP contribution >= 0.6 is 11.8 Å². The number of aliphatic hydroxyl groups excluding tert-OH is 1. The topological polar surface area (TPSA) is 77.8 Å². The number of nitrogens with zero attached hydrogens (tertiary/aromatic N) is 1. The van der Waals surface area contributed by atoms with Crippen molar-refractivity contribution in [3.05, 3.63) is 35.6 Å². The fraction of sp³-hybridized carbons (Fsp3) is 0.467. The molecule has 1 aliphatic heterocycles. The van der Waals surface area contributed by atoms with Gasteiger partial charge in [-0.3, -0.25) is 9.59 Å². The maximum Gasteiger partial charge on any atom is 0.305 e. The lowest BCUT2D eigenvalue weighted by molar-refractivity contribution is -0.141. The number of carboxylic acids is 1. The van der Waals surface area contributed by atoms with Crippen LogP contribution in [-0.2, 0) is 9.59 Å². The lowest BCUT2D eigenvalue weighted by Crippen LogP contribution is -2.47. The predicted octanol–water partition coefficient (Wildman–Crippen LogP) is 1.67. The third-order valence-electron chi connectivity index (χ3n) is 3.56. The fourth-order valence-electron chi connectivity index (χ4n) is 2.47. The van der Waals surface area contributed by atoms with Gasteiger partial charge in [0.15, 0.2) is 0 Å². The molecule has 1 heterocycles. The molecule has 0 bridgehead atoms. The molecule has 5 nitrogen and oxygen atoms in total. The largest absolute Gasteiger partial charge is 0.481 e. The van der Waals surface area contributed by atoms with Crippen molar-refractivity contribution in [3.63, 3.8) is 0 Å². The first-order valence-corrected chi connectivity index (χ1v) is 8.15. The quantitative estimate of drug-likeness (QED) is 0.860. The molecule has 0 radical (unpaired) electrons. The number of aliphatic carboxylic acids is 1. The number of hydrogen-bond donors (Lipinski definition) is 2. The summed E-state index contributed by atoms with van der Waals surface area (Å²) in [6, 6.07) is 5.13. The highest BCUT2D eigenvalue weighted by Gasteiger charge is 2.30. The van der Waals surface area contributed by atoms with E-state index in [-0.39, 0.29) is 24.8 Å². The average molecular weight is 327 g/mol. The van der Waals surface area contributed by atoms with E-state index in [2.05, 4.69) is 0 Å². The van der Waals surface area contributed by atoms with Crippen molar-refractivity contribution in [2.45, 2.75) is 25.0 Å². The molecule has 7 heteroatoms. The minimum absolute atomic E-state index is 0.102. The number of hydrogen-bond acceptors (Lipinski definition) is 4. The van der Waals surface area contributed by atoms with Crippen LogP contribution in [0.3, 0.4) is 0 Å². The van der Waals surface area contributed by atoms with Crippen LogP contribution in [0.15, 0.2) is 24.3 Å². The van der Waals surface area contributed by atoms with Gasteiger partial charge in [0, 0.05) is 18.1 Å². The number of amides is 1. The first-order chi connectivity index (χ1) is 10.5. The van der Waals surface area contributed by atoms with E-state index in [0.29, 0.717) is 17.9 Å². The summed E-state index contributed by atoms with van der Waals surface area (Å²) in [5.41, 5.74) is 0.342. The molecule has 0 aromatic heterocycles. The second kappa shape index (κ2) is 7.60. The zero-order valence-corrected chi connectivity index (χ0v) is 12.8. The van der Waals surface area contributed by atoms with Crippen LogP contribution in [0.2, 0.25) is 0 Å². The number of thioether (sulfide) groups is 1. The molecule has 120 valence electrons. The summed E-state index contributed by atoms with van der Waals surface area (Å²) in [5, 5.41) is 19.0. The van der Waals surface area contributed by atoms with Gasteiger partial charge in [-0.05, 0) is 17.7 Å². The number of halogens is 1. The van der Waals surface area contributed by atoms with E-state index in [0.717, 1.165) is 5.75 Å². The molecule has 0 saturated carbocycles. The van der Waals surface area contributed by atoms with E-state index in [1.54, 1.807) is 17.8 Å². The fourth-order valence-corrected chi connectivity index (χ4v) is 3.53. The van der Waals surface area contributed by atoms with Crippen LogP contribution in [-0.4, -0.2) is 51.1 Å². The zero-order valence-electron chi connectivity index (χ0n) is 11.9. The molecule has 1 aromatic rings. The Labute approximate surface area is 132 Å². The van der Waals surface area contributed by atoms with E-state index in [1.165, 1.54) is 23.1 Å². The molecular formula is C15H18FNO4S. The third kappa shape index (κ3) is 4.45. The molecule has 1 saturated heterocycles. The van der Waals surface area contributed by atoms with E-state index in [4.69, 9.17) is 5.11 Å². The van der Waals surface area contributed by atoms with E-state index in [9.17, 15) is 19.1 Å². The highest BCUT2D eigenvalue weighted by Crippen LogP contribution is 2.23. The Kier molecular flexibility index (Phi) is 5.79. The van der Waals surface area contributed by atoms with Crippen molar-refractivity contribution in [1.82, 2.24) is 4.90 Å². The first kappa shape index (κ1) is 16.8. The Bertz CT molecular complexity index is 554. The van der Waals surface area contributed by atoms with Gasteiger partial charge in [0.05, 0.1) is 25.0 Å². The standard InChI is InChI=1S/C15H18FNO4S/c16-11-3-1-2-10(6-11)13(18)8-14(19)17-4-5-22-9-12(17)7-15(20)21/h1-3,6,12-13,18H,4-5,7-9H2,(H,20,21). The summed E-state index contributed by atoms with van der Waals surface area (Å²) in [5.74, 6) is -0.395. The van der Waals surface area contributed by atoms with Crippen LogP contribution in [0.25, 0.3) is 0 Å². The van der Waals surface area contributed by atoms with E-state index < -0.39 is 17.9 Å². The molecule has 1 fully saturated rings. The Morgan fingerprint density at radius 2 is 2.23 bits per heavy atom. The van der Waals surface area contributed by atoms with Crippen molar-refractivity contribution in [3.8, 4) is 0 Å². The number of carboxylic acid groups (broad SMARTS) is 1. The maximum absolute atomic E-state index is 13.2. The van der Waals surface area contributed by atoms with Gasteiger partial charge in [-0.2, -0.15) is 11.8 Å². The lowest BCUT2D eigenvalue weighted by atomic mass is 10.0. The second-order valence-electron chi connectivity index (χ2n) is 5.19. The minimum Gasteiger partial charge on any atom is -0.481 e. The number of aliphatic hydroxyl groups is 1. The van der Waals surface area contributed by atoms with Gasteiger partial charge in [0.2, 0.25) is 5.91 Å². The molecular weight excluding hydrogens is 309 g/mol. The van der Waals surface area contributed by atoms with Gasteiger partial charge in [0.1, 0.15) is 5.82 Å². The number of carbonyl (C=O) groups is 2. The molecule has 2 rings (SSSR count). The summed E-state index contributed by atoms with van der Waals surface area (Å²) in [6.45, 7) is 0.470. The van der Waals surface area contributed by atoms with Gasteiger partial charge in [-0.1, -0.05) is 12.1 Å². The van der Waals surface area contributed by atoms with Crippen molar-refractivity contribution in [2.24, 2.45) is 0 Å². The molecule has 0 aliphatic carbocycles. The summed E-state index contributed by atoms with van der Waals surface area (Å²) in [6.07, 6.45) is -1.37. The molecule has 1 aromatic carbocycles. The smallest absolute Gasteiger partial charge is 0.305 e. The van der Waals surface area contributed by atoms with Gasteiger partial charge in [0.25, 0.3) is 0 Å². The predicted molar refractivity (Wildman–Crippen MR) is 81.1 cm³/mol. The second-order valence-corrected chi connectivity index (χ2v) is 6.34. The van der Waals surface area contributed by atoms with Crippen LogP contribution in [0.5, 0.6) is 0 Å². The number of benzene rings is 1. The SMILES string of the molecule is O=C(O)CC1CSCCN1C(=O)CC(O)c1cccc(F)c1. The molecule has 22 heavy (non-hydrogen) atoms. The average Bonchev–Trinajstić information content (AvgIpc) is 2.47.